The van der Waals surface area contributed by atoms with Crippen molar-refractivity contribution in [3.8, 4) is 11.8 Å². The van der Waals surface area contributed by atoms with Crippen LogP contribution in [0.2, 0.25) is 0 Å². The van der Waals surface area contributed by atoms with E-state index in [1.54, 1.807) is 28.9 Å². The molecule has 0 spiro atoms. The summed E-state index contributed by atoms with van der Waals surface area (Å²) in [4.78, 5) is 26.4. The standard InChI is InChI=1S/C21H23N5O4/c1-4-29-17-13(16(27)23-14-6-5-7-22-18(14)28-3)8-26-9-15(24-19(26)25-17)21-10-20(2,11-21)30-12-21/h5-9H,4,10-12H2,1-3H3,(H,23,27). The maximum Gasteiger partial charge on any atom is 0.262 e. The fourth-order valence-corrected chi connectivity index (χ4v) is 4.55. The lowest BCUT2D eigenvalue weighted by Crippen LogP contribution is -2.45. The molecule has 1 aliphatic carbocycles. The molecule has 3 aliphatic rings. The first kappa shape index (κ1) is 18.8. The van der Waals surface area contributed by atoms with Gasteiger partial charge in [0.15, 0.2) is 0 Å². The van der Waals surface area contributed by atoms with E-state index in [0.717, 1.165) is 18.5 Å². The second kappa shape index (κ2) is 6.66. The minimum Gasteiger partial charge on any atom is -0.480 e. The van der Waals surface area contributed by atoms with Gasteiger partial charge in [0, 0.05) is 24.0 Å². The van der Waals surface area contributed by atoms with Gasteiger partial charge in [0.2, 0.25) is 17.5 Å². The zero-order chi connectivity index (χ0) is 20.9. The van der Waals surface area contributed by atoms with E-state index >= 15 is 0 Å². The molecular formula is C21H23N5O4. The summed E-state index contributed by atoms with van der Waals surface area (Å²) in [5, 5.41) is 2.82. The number of rotatable bonds is 6. The fourth-order valence-electron chi connectivity index (χ4n) is 4.55. The maximum atomic E-state index is 13.0. The molecule has 1 amide bonds. The van der Waals surface area contributed by atoms with Gasteiger partial charge < -0.3 is 19.5 Å². The van der Waals surface area contributed by atoms with E-state index in [0.29, 0.717) is 36.1 Å². The highest BCUT2D eigenvalue weighted by Gasteiger charge is 2.61. The average Bonchev–Trinajstić information content (AvgIpc) is 3.38. The maximum absolute atomic E-state index is 13.0. The van der Waals surface area contributed by atoms with Crippen molar-refractivity contribution in [1.82, 2.24) is 19.4 Å². The molecule has 1 saturated carbocycles. The monoisotopic (exact) mass is 409 g/mol. The zero-order valence-corrected chi connectivity index (χ0v) is 17.1. The Labute approximate surface area is 173 Å². The first-order chi connectivity index (χ1) is 14.5. The van der Waals surface area contributed by atoms with Crippen LogP contribution in [0, 0.1) is 0 Å². The van der Waals surface area contributed by atoms with Crippen molar-refractivity contribution in [3.63, 3.8) is 0 Å². The highest BCUT2D eigenvalue weighted by molar-refractivity contribution is 6.06. The predicted molar refractivity (Wildman–Crippen MR) is 108 cm³/mol. The van der Waals surface area contributed by atoms with Crippen LogP contribution in [-0.4, -0.2) is 51.2 Å². The summed E-state index contributed by atoms with van der Waals surface area (Å²) in [6, 6.07) is 3.44. The van der Waals surface area contributed by atoms with Crippen molar-refractivity contribution in [1.29, 1.82) is 0 Å². The van der Waals surface area contributed by atoms with E-state index in [1.807, 2.05) is 13.1 Å². The Kier molecular flexibility index (Phi) is 4.18. The number of ether oxygens (including phenoxy) is 3. The molecule has 2 aliphatic heterocycles. The zero-order valence-electron chi connectivity index (χ0n) is 17.1. The number of carbonyl (C=O) groups is 1. The Morgan fingerprint density at radius 2 is 2.13 bits per heavy atom. The smallest absolute Gasteiger partial charge is 0.262 e. The van der Waals surface area contributed by atoms with E-state index in [4.69, 9.17) is 19.2 Å². The molecule has 9 heteroatoms. The highest BCUT2D eigenvalue weighted by Crippen LogP contribution is 2.58. The van der Waals surface area contributed by atoms with E-state index < -0.39 is 0 Å². The van der Waals surface area contributed by atoms with Crippen LogP contribution in [0.15, 0.2) is 30.7 Å². The normalized spacial score (nSPS) is 24.5. The molecule has 0 atom stereocenters. The summed E-state index contributed by atoms with van der Waals surface area (Å²) >= 11 is 0. The number of nitrogens with zero attached hydrogens (tertiary/aromatic N) is 4. The van der Waals surface area contributed by atoms with Crippen LogP contribution in [0.4, 0.5) is 5.69 Å². The van der Waals surface area contributed by atoms with Crippen molar-refractivity contribution in [2.75, 3.05) is 25.6 Å². The van der Waals surface area contributed by atoms with Crippen molar-refractivity contribution >= 4 is 17.4 Å². The molecule has 9 nitrogen and oxygen atoms in total. The van der Waals surface area contributed by atoms with E-state index in [-0.39, 0.29) is 22.8 Å². The van der Waals surface area contributed by atoms with Gasteiger partial charge in [-0.2, -0.15) is 4.98 Å². The van der Waals surface area contributed by atoms with E-state index in [9.17, 15) is 4.79 Å². The Hall–Kier alpha value is -3.20. The van der Waals surface area contributed by atoms with Crippen LogP contribution in [0.1, 0.15) is 42.7 Å². The topological polar surface area (TPSA) is 99.9 Å². The van der Waals surface area contributed by atoms with Gasteiger partial charge >= 0.3 is 0 Å². The number of carbonyl (C=O) groups excluding carboxylic acids is 1. The number of aromatic nitrogens is 4. The van der Waals surface area contributed by atoms with Crippen molar-refractivity contribution in [2.24, 2.45) is 0 Å². The quantitative estimate of drug-likeness (QED) is 0.668. The number of nitrogens with one attached hydrogen (secondary N) is 1. The molecule has 156 valence electrons. The summed E-state index contributed by atoms with van der Waals surface area (Å²) in [5.74, 6) is 0.698. The third-order valence-corrected chi connectivity index (χ3v) is 5.82. The number of anilines is 1. The average molecular weight is 409 g/mol. The first-order valence-corrected chi connectivity index (χ1v) is 9.93. The molecule has 6 rings (SSSR count). The molecular weight excluding hydrogens is 386 g/mol. The molecule has 3 aromatic rings. The number of amides is 1. The molecule has 1 N–H and O–H groups in total. The molecule has 0 aromatic carbocycles. The van der Waals surface area contributed by atoms with Crippen LogP contribution in [-0.2, 0) is 10.2 Å². The van der Waals surface area contributed by atoms with Gasteiger partial charge in [-0.25, -0.2) is 9.97 Å². The molecule has 3 fully saturated rings. The minimum absolute atomic E-state index is 0.0342. The van der Waals surface area contributed by atoms with Crippen LogP contribution in [0.5, 0.6) is 11.8 Å². The number of pyridine rings is 1. The number of imidazole rings is 1. The first-order valence-electron chi connectivity index (χ1n) is 9.93. The van der Waals surface area contributed by atoms with Gasteiger partial charge in [-0.3, -0.25) is 9.20 Å². The van der Waals surface area contributed by atoms with Gasteiger partial charge in [0.25, 0.3) is 5.91 Å². The van der Waals surface area contributed by atoms with E-state index in [1.165, 1.54) is 7.11 Å². The van der Waals surface area contributed by atoms with Gasteiger partial charge in [0.05, 0.1) is 31.6 Å². The highest BCUT2D eigenvalue weighted by atomic mass is 16.5. The van der Waals surface area contributed by atoms with Crippen LogP contribution < -0.4 is 14.8 Å². The fraction of sp³-hybridized carbons (Fsp3) is 0.429. The molecule has 0 radical (unpaired) electrons. The Morgan fingerprint density at radius 1 is 1.30 bits per heavy atom. The third kappa shape index (κ3) is 2.88. The Morgan fingerprint density at radius 3 is 2.83 bits per heavy atom. The predicted octanol–water partition coefficient (Wildman–Crippen LogP) is 2.60. The van der Waals surface area contributed by atoms with Crippen LogP contribution in [0.25, 0.3) is 5.78 Å². The van der Waals surface area contributed by atoms with Crippen LogP contribution in [0.3, 0.4) is 0 Å². The lowest BCUT2D eigenvalue weighted by Gasteiger charge is -2.41. The number of hydrogen-bond acceptors (Lipinski definition) is 7. The number of methoxy groups -OCH3 is 1. The SMILES string of the molecule is CCOc1nc2nc(C34COC(C)(C3)C4)cn2cc1C(=O)Nc1cccnc1OC. The van der Waals surface area contributed by atoms with Crippen LogP contribution >= 0.6 is 0 Å². The Bertz CT molecular complexity index is 1140. The summed E-state index contributed by atoms with van der Waals surface area (Å²) in [6.45, 7) is 5.02. The third-order valence-electron chi connectivity index (χ3n) is 5.82. The van der Waals surface area contributed by atoms with Crippen molar-refractivity contribution in [2.45, 2.75) is 37.7 Å². The second-order valence-electron chi connectivity index (χ2n) is 8.11. The lowest BCUT2D eigenvalue weighted by atomic mass is 9.62. The van der Waals surface area contributed by atoms with Gasteiger partial charge in [-0.05, 0) is 38.8 Å². The van der Waals surface area contributed by atoms with Crippen molar-refractivity contribution in [3.05, 3.63) is 42.0 Å². The van der Waals surface area contributed by atoms with Crippen molar-refractivity contribution < 1.29 is 19.0 Å². The number of fused-ring (bicyclic) bond motifs is 2. The number of hydrogen-bond donors (Lipinski definition) is 1. The van der Waals surface area contributed by atoms with Gasteiger partial charge in [-0.15, -0.1) is 0 Å². The van der Waals surface area contributed by atoms with Gasteiger partial charge in [-0.1, -0.05) is 0 Å². The lowest BCUT2D eigenvalue weighted by molar-refractivity contribution is 0.0154. The summed E-state index contributed by atoms with van der Waals surface area (Å²) < 4.78 is 18.5. The molecule has 0 unspecified atom stereocenters. The molecule has 2 saturated heterocycles. The molecule has 5 heterocycles. The molecule has 3 aromatic heterocycles. The second-order valence-corrected chi connectivity index (χ2v) is 8.11. The largest absolute Gasteiger partial charge is 0.480 e. The summed E-state index contributed by atoms with van der Waals surface area (Å²) in [7, 11) is 1.50. The summed E-state index contributed by atoms with van der Waals surface area (Å²) in [5.41, 5.74) is 1.62. The molecule has 2 bridgehead atoms. The van der Waals surface area contributed by atoms with Gasteiger partial charge in [0.1, 0.15) is 11.3 Å². The minimum atomic E-state index is -0.368. The summed E-state index contributed by atoms with van der Waals surface area (Å²) in [6.07, 6.45) is 7.14. The Balaban J connectivity index is 1.50. The van der Waals surface area contributed by atoms with E-state index in [2.05, 4.69) is 22.2 Å². The molecule has 30 heavy (non-hydrogen) atoms.